The smallest absolute Gasteiger partial charge is 0.344 e. The molecule has 0 radical (unpaired) electrons. The van der Waals surface area contributed by atoms with Crippen LogP contribution in [0.4, 0.5) is 0 Å². The first-order chi connectivity index (χ1) is 11.5. The van der Waals surface area contributed by atoms with E-state index in [0.29, 0.717) is 12.1 Å². The van der Waals surface area contributed by atoms with Crippen LogP contribution in [0.3, 0.4) is 0 Å². The zero-order valence-corrected chi connectivity index (χ0v) is 14.1. The molecule has 2 aromatic rings. The molecule has 24 heavy (non-hydrogen) atoms. The van der Waals surface area contributed by atoms with Gasteiger partial charge in [0.25, 0.3) is 5.54 Å². The molecule has 0 saturated carbocycles. The second-order valence-electron chi connectivity index (χ2n) is 5.96. The van der Waals surface area contributed by atoms with Gasteiger partial charge in [-0.05, 0) is 38.8 Å². The van der Waals surface area contributed by atoms with Crippen molar-refractivity contribution in [3.8, 4) is 0 Å². The third-order valence-corrected chi connectivity index (χ3v) is 4.33. The van der Waals surface area contributed by atoms with Crippen LogP contribution in [0.15, 0.2) is 24.3 Å². The number of ether oxygens (including phenoxy) is 2. The molecule has 1 unspecified atom stereocenters. The van der Waals surface area contributed by atoms with Crippen molar-refractivity contribution in [2.75, 3.05) is 13.2 Å². The highest BCUT2D eigenvalue weighted by Gasteiger charge is 2.56. The molecule has 1 atom stereocenters. The van der Waals surface area contributed by atoms with E-state index in [1.165, 1.54) is 0 Å². The van der Waals surface area contributed by atoms with Crippen molar-refractivity contribution in [2.45, 2.75) is 38.8 Å². The van der Waals surface area contributed by atoms with E-state index >= 15 is 0 Å². The number of fused-ring (bicyclic) bond motifs is 3. The summed E-state index contributed by atoms with van der Waals surface area (Å²) in [6.07, 6.45) is 0.708. The van der Waals surface area contributed by atoms with E-state index in [0.717, 1.165) is 16.5 Å². The Morgan fingerprint density at radius 2 is 1.79 bits per heavy atom. The number of carbonyl (C=O) groups excluding carboxylic acids is 2. The molecule has 1 aliphatic rings. The molecule has 0 bridgehead atoms. The summed E-state index contributed by atoms with van der Waals surface area (Å²) in [7, 11) is 0. The molecule has 2 heterocycles. The second-order valence-corrected chi connectivity index (χ2v) is 5.96. The quantitative estimate of drug-likeness (QED) is 0.662. The van der Waals surface area contributed by atoms with Crippen molar-refractivity contribution in [1.29, 1.82) is 0 Å². The van der Waals surface area contributed by atoms with Gasteiger partial charge in [0, 0.05) is 16.9 Å². The van der Waals surface area contributed by atoms with Gasteiger partial charge in [0.15, 0.2) is 0 Å². The first kappa shape index (κ1) is 16.5. The van der Waals surface area contributed by atoms with Gasteiger partial charge in [0.2, 0.25) is 0 Å². The number of benzene rings is 1. The number of aromatic nitrogens is 1. The van der Waals surface area contributed by atoms with Gasteiger partial charge in [-0.25, -0.2) is 9.59 Å². The van der Waals surface area contributed by atoms with Crippen LogP contribution in [-0.4, -0.2) is 36.2 Å². The van der Waals surface area contributed by atoms with Gasteiger partial charge in [-0.3, -0.25) is 5.32 Å². The molecule has 0 fully saturated rings. The lowest BCUT2D eigenvalue weighted by atomic mass is 9.84. The summed E-state index contributed by atoms with van der Waals surface area (Å²) in [6.45, 7) is 5.75. The third kappa shape index (κ3) is 2.38. The van der Waals surface area contributed by atoms with Crippen LogP contribution >= 0.6 is 0 Å². The maximum absolute atomic E-state index is 12.8. The highest BCUT2D eigenvalue weighted by atomic mass is 16.6. The molecule has 3 rings (SSSR count). The van der Waals surface area contributed by atoms with E-state index in [1.807, 2.05) is 31.2 Å². The Morgan fingerprint density at radius 3 is 2.42 bits per heavy atom. The second kappa shape index (κ2) is 6.28. The SMILES string of the molecule is CCOC(=O)C1(C(=O)OCC)NC(C)Cc2c1[nH]c1ccccc21. The highest BCUT2D eigenvalue weighted by Crippen LogP contribution is 2.37. The Bertz CT molecular complexity index is 762. The lowest BCUT2D eigenvalue weighted by Crippen LogP contribution is -2.62. The fourth-order valence-electron chi connectivity index (χ4n) is 3.42. The van der Waals surface area contributed by atoms with Crippen molar-refractivity contribution in [2.24, 2.45) is 0 Å². The number of carbonyl (C=O) groups is 2. The minimum atomic E-state index is -1.65. The zero-order chi connectivity index (χ0) is 17.3. The lowest BCUT2D eigenvalue weighted by Gasteiger charge is -2.37. The van der Waals surface area contributed by atoms with Crippen LogP contribution in [0.1, 0.15) is 32.0 Å². The Hall–Kier alpha value is -2.34. The van der Waals surface area contributed by atoms with Gasteiger partial charge >= 0.3 is 11.9 Å². The van der Waals surface area contributed by atoms with Gasteiger partial charge in [-0.1, -0.05) is 18.2 Å². The third-order valence-electron chi connectivity index (χ3n) is 4.33. The van der Waals surface area contributed by atoms with E-state index in [9.17, 15) is 9.59 Å². The van der Waals surface area contributed by atoms with Gasteiger partial charge in [-0.15, -0.1) is 0 Å². The first-order valence-electron chi connectivity index (χ1n) is 8.26. The van der Waals surface area contributed by atoms with Crippen molar-refractivity contribution in [3.05, 3.63) is 35.5 Å². The van der Waals surface area contributed by atoms with E-state index < -0.39 is 17.5 Å². The molecule has 128 valence electrons. The van der Waals surface area contributed by atoms with Gasteiger partial charge in [0.1, 0.15) is 0 Å². The molecular formula is C18H22N2O4. The van der Waals surface area contributed by atoms with E-state index in [2.05, 4.69) is 10.3 Å². The molecule has 2 N–H and O–H groups in total. The molecule has 1 aromatic carbocycles. The number of para-hydroxylation sites is 1. The lowest BCUT2D eigenvalue weighted by molar-refractivity contribution is -0.168. The molecule has 0 spiro atoms. The molecule has 6 nitrogen and oxygen atoms in total. The van der Waals surface area contributed by atoms with Crippen molar-refractivity contribution >= 4 is 22.8 Å². The number of aromatic amines is 1. The maximum Gasteiger partial charge on any atom is 0.344 e. The summed E-state index contributed by atoms with van der Waals surface area (Å²) in [5.41, 5.74) is 0.714. The highest BCUT2D eigenvalue weighted by molar-refractivity contribution is 6.07. The van der Waals surface area contributed by atoms with E-state index in [1.54, 1.807) is 13.8 Å². The number of H-pyrrole nitrogens is 1. The Labute approximate surface area is 140 Å². The molecule has 1 aromatic heterocycles. The zero-order valence-electron chi connectivity index (χ0n) is 14.1. The number of rotatable bonds is 4. The van der Waals surface area contributed by atoms with Crippen LogP contribution < -0.4 is 5.32 Å². The summed E-state index contributed by atoms with van der Waals surface area (Å²) >= 11 is 0. The predicted molar refractivity (Wildman–Crippen MR) is 89.5 cm³/mol. The molecule has 0 saturated heterocycles. The van der Waals surface area contributed by atoms with Crippen LogP contribution in [0.2, 0.25) is 0 Å². The largest absolute Gasteiger partial charge is 0.464 e. The summed E-state index contributed by atoms with van der Waals surface area (Å²) in [5, 5.41) is 4.15. The minimum absolute atomic E-state index is 0.0782. The Balaban J connectivity index is 2.26. The molecule has 0 aliphatic carbocycles. The van der Waals surface area contributed by atoms with Crippen molar-refractivity contribution in [3.63, 3.8) is 0 Å². The molecular weight excluding hydrogens is 308 g/mol. The normalized spacial score (nSPS) is 18.9. The van der Waals surface area contributed by atoms with Crippen LogP contribution in [0.25, 0.3) is 10.9 Å². The average molecular weight is 330 g/mol. The van der Waals surface area contributed by atoms with Crippen LogP contribution in [0.5, 0.6) is 0 Å². The van der Waals surface area contributed by atoms with Crippen molar-refractivity contribution in [1.82, 2.24) is 10.3 Å². The summed E-state index contributed by atoms with van der Waals surface area (Å²) < 4.78 is 10.5. The fourth-order valence-corrected chi connectivity index (χ4v) is 3.42. The van der Waals surface area contributed by atoms with Gasteiger partial charge < -0.3 is 14.5 Å². The number of esters is 2. The van der Waals surface area contributed by atoms with Crippen LogP contribution in [-0.2, 0) is 31.0 Å². The number of hydrogen-bond donors (Lipinski definition) is 2. The Morgan fingerprint density at radius 1 is 1.17 bits per heavy atom. The molecule has 0 amide bonds. The minimum Gasteiger partial charge on any atom is -0.464 e. The summed E-state index contributed by atoms with van der Waals surface area (Å²) in [6, 6.07) is 7.70. The van der Waals surface area contributed by atoms with Gasteiger partial charge in [0.05, 0.1) is 18.9 Å². The fraction of sp³-hybridized carbons (Fsp3) is 0.444. The van der Waals surface area contributed by atoms with Crippen molar-refractivity contribution < 1.29 is 19.1 Å². The predicted octanol–water partition coefficient (Wildman–Crippen LogP) is 2.02. The Kier molecular flexibility index (Phi) is 4.32. The van der Waals surface area contributed by atoms with E-state index in [-0.39, 0.29) is 19.3 Å². The summed E-state index contributed by atoms with van der Waals surface area (Å²) in [4.78, 5) is 28.9. The van der Waals surface area contributed by atoms with E-state index in [4.69, 9.17) is 9.47 Å². The molecule has 6 heteroatoms. The number of hydrogen-bond acceptors (Lipinski definition) is 5. The molecule has 1 aliphatic heterocycles. The maximum atomic E-state index is 12.8. The topological polar surface area (TPSA) is 80.4 Å². The number of nitrogens with one attached hydrogen (secondary N) is 2. The average Bonchev–Trinajstić information content (AvgIpc) is 2.93. The monoisotopic (exact) mass is 330 g/mol. The van der Waals surface area contributed by atoms with Crippen LogP contribution in [0, 0.1) is 0 Å². The standard InChI is InChI=1S/C18H22N2O4/c1-4-23-16(21)18(17(22)24-5-2)15-13(10-11(3)20-18)12-8-6-7-9-14(12)19-15/h6-9,11,19-20H,4-5,10H2,1-3H3. The summed E-state index contributed by atoms with van der Waals surface area (Å²) in [5.74, 6) is -1.27. The first-order valence-corrected chi connectivity index (χ1v) is 8.26. The van der Waals surface area contributed by atoms with Gasteiger partial charge in [-0.2, -0.15) is 0 Å².